The number of rotatable bonds is 6. The Morgan fingerprint density at radius 3 is 2.29 bits per heavy atom. The zero-order valence-corrected chi connectivity index (χ0v) is 23.6. The van der Waals surface area contributed by atoms with Gasteiger partial charge in [0.1, 0.15) is 18.3 Å². The van der Waals surface area contributed by atoms with Gasteiger partial charge < -0.3 is 38.5 Å². The van der Waals surface area contributed by atoms with Crippen molar-refractivity contribution in [2.75, 3.05) is 6.61 Å². The number of aromatic amines is 1. The van der Waals surface area contributed by atoms with Gasteiger partial charge in [-0.2, -0.15) is 0 Å². The van der Waals surface area contributed by atoms with Crippen molar-refractivity contribution in [3.63, 3.8) is 0 Å². The number of phosphoric acid groups is 1. The Morgan fingerprint density at radius 2 is 1.79 bits per heavy atom. The quantitative estimate of drug-likeness (QED) is 0.253. The van der Waals surface area contributed by atoms with Gasteiger partial charge in [0, 0.05) is 12.3 Å². The molecule has 1 aromatic heterocycles. The second-order valence-corrected chi connectivity index (χ2v) is 8.88. The Kier molecular flexibility index (Phi) is 15.1. The minimum Gasteiger partial charge on any atom is -0.812 e. The van der Waals surface area contributed by atoms with E-state index in [0.717, 1.165) is 16.8 Å². The van der Waals surface area contributed by atoms with Gasteiger partial charge in [-0.25, -0.2) is 4.79 Å². The summed E-state index contributed by atoms with van der Waals surface area (Å²) in [6.07, 6.45) is -5.28. The van der Waals surface area contributed by atoms with Gasteiger partial charge in [0.15, 0.2) is 6.23 Å². The molecule has 3 N–H and O–H groups in total. The van der Waals surface area contributed by atoms with E-state index >= 15 is 0 Å². The van der Waals surface area contributed by atoms with Crippen molar-refractivity contribution in [2.45, 2.75) is 24.5 Å². The van der Waals surface area contributed by atoms with Gasteiger partial charge in [0.25, 0.3) is 13.4 Å². The van der Waals surface area contributed by atoms with Gasteiger partial charge in [-0.05, 0) is 0 Å². The van der Waals surface area contributed by atoms with Crippen LogP contribution in [0.3, 0.4) is 0 Å². The molecular weight excluding hydrogens is 475 g/mol. The van der Waals surface area contributed by atoms with E-state index in [1.165, 1.54) is 0 Å². The number of aliphatic hydroxyl groups excluding tert-OH is 2. The fourth-order valence-electron chi connectivity index (χ4n) is 2.04. The van der Waals surface area contributed by atoms with Crippen molar-refractivity contribution >= 4 is 26.3 Å². The van der Waals surface area contributed by atoms with Crippen LogP contribution in [0, 0.1) is 0 Å². The van der Waals surface area contributed by atoms with Crippen LogP contribution in [0.4, 0.5) is 0 Å². The minimum absolute atomic E-state index is 0. The molecular formula is C9H11N2Na3O11P2S. The topological polar surface area (TPSA) is 209 Å². The van der Waals surface area contributed by atoms with E-state index in [4.69, 9.17) is 4.74 Å². The molecule has 1 aromatic rings. The van der Waals surface area contributed by atoms with Crippen LogP contribution < -0.4 is 115 Å². The molecule has 1 aliphatic rings. The number of aliphatic hydroxyl groups is 2. The van der Waals surface area contributed by atoms with Crippen LogP contribution in [-0.4, -0.2) is 44.7 Å². The van der Waals surface area contributed by atoms with Crippen LogP contribution in [-0.2, 0) is 29.9 Å². The first-order chi connectivity index (χ1) is 11.4. The number of nitrogens with zero attached hydrogens (tertiary/aromatic N) is 1. The first-order valence-electron chi connectivity index (χ1n) is 6.42. The molecule has 0 saturated carbocycles. The summed E-state index contributed by atoms with van der Waals surface area (Å²) in [5, 5.41) is 19.8. The Morgan fingerprint density at radius 1 is 1.21 bits per heavy atom. The molecule has 0 aromatic carbocycles. The summed E-state index contributed by atoms with van der Waals surface area (Å²) in [6, 6.07) is 0.961. The van der Waals surface area contributed by atoms with Gasteiger partial charge in [0.05, 0.1) is 6.61 Å². The van der Waals surface area contributed by atoms with Crippen LogP contribution in [0.2, 0.25) is 0 Å². The molecule has 1 fully saturated rings. The number of hydrogen-bond donors (Lipinski definition) is 3. The van der Waals surface area contributed by atoms with Crippen molar-refractivity contribution in [1.29, 1.82) is 0 Å². The van der Waals surface area contributed by atoms with E-state index in [-0.39, 0.29) is 88.7 Å². The molecule has 19 heteroatoms. The molecule has 0 radical (unpaired) electrons. The number of nitrogens with one attached hydrogen (secondary N) is 1. The summed E-state index contributed by atoms with van der Waals surface area (Å²) in [7, 11) is -5.34. The monoisotopic (exact) mass is 486 g/mol. The Bertz CT molecular complexity index is 847. The molecule has 5 unspecified atom stereocenters. The van der Waals surface area contributed by atoms with E-state index in [1.54, 1.807) is 0 Å². The van der Waals surface area contributed by atoms with Gasteiger partial charge in [-0.3, -0.25) is 18.9 Å². The van der Waals surface area contributed by atoms with Crippen molar-refractivity contribution in [2.24, 2.45) is 0 Å². The van der Waals surface area contributed by atoms with Gasteiger partial charge in [-0.1, -0.05) is 6.72 Å². The van der Waals surface area contributed by atoms with Crippen LogP contribution in [0.15, 0.2) is 21.9 Å². The normalized spacial score (nSPS) is 26.3. The van der Waals surface area contributed by atoms with Crippen molar-refractivity contribution in [3.8, 4) is 0 Å². The van der Waals surface area contributed by atoms with Crippen LogP contribution in [0.1, 0.15) is 6.23 Å². The standard InChI is InChI=1S/C9H14N2O11P2S.3Na/c12-5-1-2-11(9(15)10-5)8-7(14)6(13)4(21-8)3-20-23(16,17)22-24(18,19)25;;;/h1-2,4,6-8,13-14H,3H2,(H,16,17)(H,10,12,15)(H2,18,19,25);;;/q;3*+1/p-3. The third-order valence-corrected chi connectivity index (χ3v) is 5.72. The number of hydrogen-bond acceptors (Lipinski definition) is 12. The molecule has 2 heterocycles. The van der Waals surface area contributed by atoms with E-state index in [2.05, 4.69) is 20.6 Å². The molecule has 1 saturated heterocycles. The molecule has 5 atom stereocenters. The number of H-pyrrole nitrogens is 1. The van der Waals surface area contributed by atoms with E-state index in [1.807, 2.05) is 4.98 Å². The Labute approximate surface area is 229 Å². The third kappa shape index (κ3) is 9.39. The van der Waals surface area contributed by atoms with Crippen LogP contribution >= 0.6 is 14.5 Å². The Hall–Kier alpha value is 2.24. The second kappa shape index (κ2) is 13.1. The minimum atomic E-state index is -5.34. The first-order valence-corrected chi connectivity index (χ1v) is 10.4. The fraction of sp³-hybridized carbons (Fsp3) is 0.556. The van der Waals surface area contributed by atoms with Crippen LogP contribution in [0.5, 0.6) is 0 Å². The van der Waals surface area contributed by atoms with Gasteiger partial charge >= 0.3 is 94.4 Å². The molecule has 1 aliphatic heterocycles. The molecule has 142 valence electrons. The number of phosphoric ester groups is 1. The maximum Gasteiger partial charge on any atom is 1.00 e. The Balaban J connectivity index is 0. The molecule has 0 bridgehead atoms. The molecule has 0 spiro atoms. The SMILES string of the molecule is O=c1ccn(C2OC(COP(=O)([O-])OP([O-])([O-])=S)C(O)C2O)c(=O)[nH]1.[Na+].[Na+].[Na+]. The van der Waals surface area contributed by atoms with Crippen molar-refractivity contribution in [1.82, 2.24) is 9.55 Å². The summed E-state index contributed by atoms with van der Waals surface area (Å²) in [6.45, 7) is -5.97. The summed E-state index contributed by atoms with van der Waals surface area (Å²) >= 11 is 3.77. The molecule has 0 aliphatic carbocycles. The zero-order chi connectivity index (χ0) is 19.0. The van der Waals surface area contributed by atoms with Crippen LogP contribution in [0.25, 0.3) is 0 Å². The number of ether oxygens (including phenoxy) is 1. The molecule has 28 heavy (non-hydrogen) atoms. The smallest absolute Gasteiger partial charge is 0.812 e. The average molecular weight is 486 g/mol. The maximum absolute atomic E-state index is 11.7. The zero-order valence-electron chi connectivity index (χ0n) is 15.0. The second-order valence-electron chi connectivity index (χ2n) is 4.84. The summed E-state index contributed by atoms with van der Waals surface area (Å²) in [4.78, 5) is 57.2. The predicted octanol–water partition coefficient (Wildman–Crippen LogP) is -13.4. The molecule has 2 rings (SSSR count). The third-order valence-electron chi connectivity index (χ3n) is 3.06. The number of aromatic nitrogens is 2. The fourth-order valence-corrected chi connectivity index (χ4v) is 4.27. The van der Waals surface area contributed by atoms with E-state index in [9.17, 15) is 39.0 Å². The maximum atomic E-state index is 11.7. The van der Waals surface area contributed by atoms with Gasteiger partial charge in [-0.15, -0.1) is 11.8 Å². The molecule has 13 nitrogen and oxygen atoms in total. The van der Waals surface area contributed by atoms with E-state index in [0.29, 0.717) is 0 Å². The van der Waals surface area contributed by atoms with Gasteiger partial charge in [0.2, 0.25) is 0 Å². The predicted molar refractivity (Wildman–Crippen MR) is 76.2 cm³/mol. The average Bonchev–Trinajstić information content (AvgIpc) is 2.71. The van der Waals surface area contributed by atoms with Crippen molar-refractivity contribution in [3.05, 3.63) is 33.1 Å². The summed E-state index contributed by atoms with van der Waals surface area (Å²) in [5.41, 5.74) is -1.65. The summed E-state index contributed by atoms with van der Waals surface area (Å²) in [5.74, 6) is 0. The first kappa shape index (κ1) is 32.4. The molecule has 0 amide bonds. The van der Waals surface area contributed by atoms with Crippen molar-refractivity contribution < 1.29 is 132 Å². The largest absolute Gasteiger partial charge is 1.00 e. The van der Waals surface area contributed by atoms with E-state index < -0.39 is 56.9 Å². The summed E-state index contributed by atoms with van der Waals surface area (Å²) < 4.78 is 25.0.